The van der Waals surface area contributed by atoms with Crippen LogP contribution in [0.25, 0.3) is 0 Å². The van der Waals surface area contributed by atoms with Crippen molar-refractivity contribution in [2.45, 2.75) is 58.8 Å². The molecule has 1 saturated heterocycles. The van der Waals surface area contributed by atoms with Crippen LogP contribution in [0.4, 0.5) is 10.6 Å². The maximum absolute atomic E-state index is 11.8. The summed E-state index contributed by atoms with van der Waals surface area (Å²) in [6.45, 7) is 10.9. The number of nitrogens with one attached hydrogen (secondary N) is 1. The minimum absolute atomic E-state index is 0.0429. The molecule has 1 aromatic heterocycles. The predicted molar refractivity (Wildman–Crippen MR) is 87.8 cm³/mol. The van der Waals surface area contributed by atoms with Gasteiger partial charge in [0.05, 0.1) is 24.5 Å². The number of carbonyl (C=O) groups excluding carboxylic acids is 1. The van der Waals surface area contributed by atoms with E-state index in [9.17, 15) is 4.79 Å². The van der Waals surface area contributed by atoms with Crippen LogP contribution in [0, 0.1) is 0 Å². The van der Waals surface area contributed by atoms with Crippen LogP contribution < -0.4 is 15.0 Å². The largest absolute Gasteiger partial charge is 0.474 e. The van der Waals surface area contributed by atoms with Crippen LogP contribution in [-0.4, -0.2) is 46.9 Å². The molecule has 0 spiro atoms. The highest BCUT2D eigenvalue weighted by Crippen LogP contribution is 2.20. The lowest BCUT2D eigenvalue weighted by atomic mass is 10.2. The summed E-state index contributed by atoms with van der Waals surface area (Å²) in [7, 11) is 0. The SMILES string of the molecule is CC(C)Oc1cncc(N2CC[C@@H](NC(=O)OC(C)(C)C)C2)n1. The third-order valence-corrected chi connectivity index (χ3v) is 3.19. The maximum atomic E-state index is 11.8. The lowest BCUT2D eigenvalue weighted by molar-refractivity contribution is 0.0509. The molecule has 7 nitrogen and oxygen atoms in total. The molecule has 1 fully saturated rings. The van der Waals surface area contributed by atoms with E-state index in [1.54, 1.807) is 12.4 Å². The number of amides is 1. The van der Waals surface area contributed by atoms with Crippen molar-refractivity contribution in [1.29, 1.82) is 0 Å². The first-order chi connectivity index (χ1) is 10.7. The van der Waals surface area contributed by atoms with Crippen LogP contribution in [0.1, 0.15) is 41.0 Å². The fraction of sp³-hybridized carbons (Fsp3) is 0.688. The van der Waals surface area contributed by atoms with Crippen LogP contribution >= 0.6 is 0 Å². The van der Waals surface area contributed by atoms with Crippen molar-refractivity contribution in [2.24, 2.45) is 0 Å². The van der Waals surface area contributed by atoms with E-state index in [1.807, 2.05) is 34.6 Å². The summed E-state index contributed by atoms with van der Waals surface area (Å²) in [5.41, 5.74) is -0.490. The lowest BCUT2D eigenvalue weighted by Gasteiger charge is -2.22. The number of nitrogens with zero attached hydrogens (tertiary/aromatic N) is 3. The Balaban J connectivity index is 1.91. The molecule has 0 bridgehead atoms. The Hall–Kier alpha value is -2.05. The van der Waals surface area contributed by atoms with Crippen LogP contribution in [0.5, 0.6) is 5.88 Å². The monoisotopic (exact) mass is 322 g/mol. The molecule has 0 aliphatic carbocycles. The summed E-state index contributed by atoms with van der Waals surface area (Å²) >= 11 is 0. The molecule has 23 heavy (non-hydrogen) atoms. The number of aromatic nitrogens is 2. The molecule has 1 aliphatic rings. The zero-order valence-corrected chi connectivity index (χ0v) is 14.5. The summed E-state index contributed by atoms with van der Waals surface area (Å²) in [6, 6.07) is 0.0429. The zero-order valence-electron chi connectivity index (χ0n) is 14.5. The van der Waals surface area contributed by atoms with Crippen molar-refractivity contribution in [3.8, 4) is 5.88 Å². The lowest BCUT2D eigenvalue weighted by Crippen LogP contribution is -2.40. The van der Waals surface area contributed by atoms with Crippen molar-refractivity contribution in [3.05, 3.63) is 12.4 Å². The minimum Gasteiger partial charge on any atom is -0.474 e. The molecule has 1 aromatic rings. The molecule has 0 unspecified atom stereocenters. The third-order valence-electron chi connectivity index (χ3n) is 3.19. The molecule has 0 aromatic carbocycles. The van der Waals surface area contributed by atoms with Crippen LogP contribution in [0.2, 0.25) is 0 Å². The average molecular weight is 322 g/mol. The van der Waals surface area contributed by atoms with Gasteiger partial charge in [-0.2, -0.15) is 4.98 Å². The summed E-state index contributed by atoms with van der Waals surface area (Å²) < 4.78 is 10.9. The Kier molecular flexibility index (Phi) is 5.28. The molecular weight excluding hydrogens is 296 g/mol. The molecule has 7 heteroatoms. The van der Waals surface area contributed by atoms with E-state index < -0.39 is 5.60 Å². The van der Waals surface area contributed by atoms with Gasteiger partial charge in [-0.1, -0.05) is 0 Å². The first kappa shape index (κ1) is 17.3. The van der Waals surface area contributed by atoms with E-state index in [-0.39, 0.29) is 18.2 Å². The van der Waals surface area contributed by atoms with Gasteiger partial charge in [-0.3, -0.25) is 4.98 Å². The Morgan fingerprint density at radius 3 is 2.78 bits per heavy atom. The highest BCUT2D eigenvalue weighted by Gasteiger charge is 2.27. The molecule has 2 heterocycles. The fourth-order valence-corrected chi connectivity index (χ4v) is 2.35. The molecule has 1 N–H and O–H groups in total. The third kappa shape index (κ3) is 5.58. The number of hydrogen-bond acceptors (Lipinski definition) is 6. The fourth-order valence-electron chi connectivity index (χ4n) is 2.35. The predicted octanol–water partition coefficient (Wildman–Crippen LogP) is 2.37. The number of carbonyl (C=O) groups is 1. The molecule has 0 saturated carbocycles. The van der Waals surface area contributed by atoms with Crippen molar-refractivity contribution in [1.82, 2.24) is 15.3 Å². The van der Waals surface area contributed by atoms with Gasteiger partial charge in [-0.25, -0.2) is 4.79 Å². The standard InChI is InChI=1S/C16H26N4O3/c1-11(2)22-14-9-17-8-13(19-14)20-7-6-12(10-20)18-15(21)23-16(3,4)5/h8-9,11-12H,6-7,10H2,1-5H3,(H,18,21)/t12-/m1/s1. The molecular formula is C16H26N4O3. The van der Waals surface area contributed by atoms with E-state index in [2.05, 4.69) is 20.2 Å². The number of hydrogen-bond donors (Lipinski definition) is 1. The van der Waals surface area contributed by atoms with Crippen LogP contribution in [-0.2, 0) is 4.74 Å². The average Bonchev–Trinajstić information content (AvgIpc) is 2.84. The van der Waals surface area contributed by atoms with Crippen molar-refractivity contribution in [2.75, 3.05) is 18.0 Å². The quantitative estimate of drug-likeness (QED) is 0.917. The van der Waals surface area contributed by atoms with Crippen molar-refractivity contribution >= 4 is 11.9 Å². The first-order valence-corrected chi connectivity index (χ1v) is 7.96. The number of anilines is 1. The Bertz CT molecular complexity index is 542. The van der Waals surface area contributed by atoms with Gasteiger partial charge < -0.3 is 19.7 Å². The van der Waals surface area contributed by atoms with Crippen LogP contribution in [0.15, 0.2) is 12.4 Å². The normalized spacial score (nSPS) is 18.2. The highest BCUT2D eigenvalue weighted by atomic mass is 16.6. The van der Waals surface area contributed by atoms with Gasteiger partial charge in [-0.15, -0.1) is 0 Å². The molecule has 2 rings (SSSR count). The summed E-state index contributed by atoms with van der Waals surface area (Å²) in [5, 5.41) is 2.90. The second-order valence-electron chi connectivity index (χ2n) is 6.96. The van der Waals surface area contributed by atoms with Gasteiger partial charge in [0, 0.05) is 13.1 Å². The van der Waals surface area contributed by atoms with Gasteiger partial charge >= 0.3 is 6.09 Å². The van der Waals surface area contributed by atoms with E-state index in [0.717, 1.165) is 18.8 Å². The van der Waals surface area contributed by atoms with E-state index in [1.165, 1.54) is 0 Å². The zero-order chi connectivity index (χ0) is 17.0. The minimum atomic E-state index is -0.490. The summed E-state index contributed by atoms with van der Waals surface area (Å²) in [5.74, 6) is 1.28. The van der Waals surface area contributed by atoms with Crippen molar-refractivity contribution in [3.63, 3.8) is 0 Å². The second kappa shape index (κ2) is 7.02. The number of rotatable bonds is 4. The smallest absolute Gasteiger partial charge is 0.407 e. The van der Waals surface area contributed by atoms with Crippen molar-refractivity contribution < 1.29 is 14.3 Å². The highest BCUT2D eigenvalue weighted by molar-refractivity contribution is 5.68. The van der Waals surface area contributed by atoms with E-state index >= 15 is 0 Å². The Labute approximate surface area is 137 Å². The van der Waals surface area contributed by atoms with E-state index in [0.29, 0.717) is 12.4 Å². The van der Waals surface area contributed by atoms with Gasteiger partial charge in [0.1, 0.15) is 5.60 Å². The summed E-state index contributed by atoms with van der Waals surface area (Å²) in [6.07, 6.45) is 3.84. The number of alkyl carbamates (subject to hydrolysis) is 1. The van der Waals surface area contributed by atoms with Gasteiger partial charge in [0.15, 0.2) is 5.82 Å². The van der Waals surface area contributed by atoms with Gasteiger partial charge in [-0.05, 0) is 41.0 Å². The van der Waals surface area contributed by atoms with Gasteiger partial charge in [0.2, 0.25) is 5.88 Å². The molecule has 0 radical (unpaired) electrons. The molecule has 1 aliphatic heterocycles. The first-order valence-electron chi connectivity index (χ1n) is 7.96. The Morgan fingerprint density at radius 1 is 1.39 bits per heavy atom. The van der Waals surface area contributed by atoms with Crippen LogP contribution in [0.3, 0.4) is 0 Å². The molecule has 1 amide bonds. The second-order valence-corrected chi connectivity index (χ2v) is 6.96. The summed E-state index contributed by atoms with van der Waals surface area (Å²) in [4.78, 5) is 22.6. The van der Waals surface area contributed by atoms with Gasteiger partial charge in [0.25, 0.3) is 0 Å². The Morgan fingerprint density at radius 2 is 2.13 bits per heavy atom. The molecule has 1 atom stereocenters. The van der Waals surface area contributed by atoms with E-state index in [4.69, 9.17) is 9.47 Å². The number of ether oxygens (including phenoxy) is 2. The topological polar surface area (TPSA) is 76.6 Å². The maximum Gasteiger partial charge on any atom is 0.407 e. The molecule has 128 valence electrons.